The molecule has 0 aliphatic carbocycles. The van der Waals surface area contributed by atoms with E-state index in [1.165, 1.54) is 14.2 Å². The van der Waals surface area contributed by atoms with Gasteiger partial charge in [-0.15, -0.1) is 0 Å². The van der Waals surface area contributed by atoms with Crippen LogP contribution in [-0.2, 0) is 43.5 Å². The largest absolute Gasteiger partial charge is 0.493 e. The number of para-hydroxylation sites is 1. The summed E-state index contributed by atoms with van der Waals surface area (Å²) in [5, 5.41) is -1.40. The van der Waals surface area contributed by atoms with Crippen LogP contribution in [0.5, 0.6) is 23.0 Å². The van der Waals surface area contributed by atoms with Crippen LogP contribution in [0.4, 0.5) is 26.7 Å². The number of carbonyl (C=O) groups excluding carboxylic acids is 1. The van der Waals surface area contributed by atoms with Crippen molar-refractivity contribution in [2.75, 3.05) is 20.8 Å². The van der Waals surface area contributed by atoms with Crippen LogP contribution >= 0.6 is 12.0 Å². The lowest BCUT2D eigenvalue weighted by Gasteiger charge is -2.45. The summed E-state index contributed by atoms with van der Waals surface area (Å²) in [6.07, 6.45) is -6.41. The van der Waals surface area contributed by atoms with E-state index < -0.39 is 70.8 Å². The van der Waals surface area contributed by atoms with E-state index in [1.54, 1.807) is 30.3 Å². The Labute approximate surface area is 334 Å². The molecule has 58 heavy (non-hydrogen) atoms. The number of rotatable bonds is 17. The molecule has 0 aromatic heterocycles. The van der Waals surface area contributed by atoms with Crippen molar-refractivity contribution in [2.24, 2.45) is 0 Å². The lowest BCUT2D eigenvalue weighted by Crippen LogP contribution is -2.62. The van der Waals surface area contributed by atoms with Crippen molar-refractivity contribution in [3.63, 3.8) is 0 Å². The molecule has 5 atom stereocenters. The molecule has 5 aromatic rings. The van der Waals surface area contributed by atoms with E-state index in [4.69, 9.17) is 42.1 Å². The van der Waals surface area contributed by atoms with Gasteiger partial charge in [-0.05, 0) is 28.8 Å². The Morgan fingerprint density at radius 3 is 1.59 bits per heavy atom. The molecule has 1 aliphatic heterocycles. The third-order valence-corrected chi connectivity index (χ3v) is 9.25. The molecule has 1 fully saturated rings. The second-order valence-electron chi connectivity index (χ2n) is 12.6. The zero-order valence-corrected chi connectivity index (χ0v) is 31.8. The second kappa shape index (κ2) is 20.3. The number of hydrogen-bond donors (Lipinski definition) is 0. The zero-order chi connectivity index (χ0) is 41.0. The molecule has 5 aromatic carbocycles. The van der Waals surface area contributed by atoms with E-state index in [9.17, 15) is 26.7 Å². The predicted molar refractivity (Wildman–Crippen MR) is 200 cm³/mol. The maximum atomic E-state index is 14.5. The van der Waals surface area contributed by atoms with Gasteiger partial charge in [-0.3, -0.25) is 0 Å². The van der Waals surface area contributed by atoms with E-state index in [0.717, 1.165) is 16.7 Å². The number of ether oxygens (including phenoxy) is 8. The molecule has 0 spiro atoms. The number of benzene rings is 5. The van der Waals surface area contributed by atoms with Gasteiger partial charge in [0.2, 0.25) is 46.9 Å². The molecule has 1 saturated heterocycles. The fraction of sp³-hybridized carbons (Fsp3) is 0.262. The summed E-state index contributed by atoms with van der Waals surface area (Å²) in [5.41, 5.74) is 2.39. The Balaban J connectivity index is 1.38. The molecular weight excluding hydrogens is 792 g/mol. The molecule has 0 amide bonds. The van der Waals surface area contributed by atoms with Crippen LogP contribution in [0, 0.1) is 29.1 Å². The zero-order valence-electron chi connectivity index (χ0n) is 31.0. The van der Waals surface area contributed by atoms with Crippen molar-refractivity contribution in [1.29, 1.82) is 0 Å². The summed E-state index contributed by atoms with van der Waals surface area (Å²) in [4.78, 5) is 13.5. The highest BCUT2D eigenvalue weighted by molar-refractivity contribution is 8.09. The summed E-state index contributed by atoms with van der Waals surface area (Å²) in [7, 11) is 2.79. The lowest BCUT2D eigenvalue weighted by atomic mass is 9.98. The van der Waals surface area contributed by atoms with Gasteiger partial charge in [-0.1, -0.05) is 97.1 Å². The van der Waals surface area contributed by atoms with Crippen LogP contribution in [0.3, 0.4) is 0 Å². The van der Waals surface area contributed by atoms with Crippen molar-refractivity contribution in [2.45, 2.75) is 50.5 Å². The molecule has 1 aliphatic rings. The molecule has 0 N–H and O–H groups in total. The maximum Gasteiger partial charge on any atom is 0.407 e. The van der Waals surface area contributed by atoms with Gasteiger partial charge in [0.1, 0.15) is 18.3 Å². The normalized spacial score (nSPS) is 19.0. The second-order valence-corrected chi connectivity index (χ2v) is 13.2. The highest BCUT2D eigenvalue weighted by atomic mass is 32.2. The standard InChI is InChI=1S/C42H37F5O10S/c1-49-28-19-12-20-29(50-2)36(28)55-41-40(56-42(48)58-57-38-34(46)32(44)31(43)33(45)35(38)47)39(53-23-27-17-10-5-11-18-27)37(52-22-26-15-8-4-9-16-26)30(54-41)24-51-21-25-13-6-3-7-14-25/h3-20,30,37,39-41H,21-24H2,1-2H3/t30-,37-,39+,40-,41+/m1/s1. The summed E-state index contributed by atoms with van der Waals surface area (Å²) in [6.45, 7) is 0.111. The third-order valence-electron chi connectivity index (χ3n) is 8.77. The Morgan fingerprint density at radius 1 is 0.586 bits per heavy atom. The Bertz CT molecular complexity index is 2050. The van der Waals surface area contributed by atoms with Gasteiger partial charge in [-0.2, -0.15) is 8.78 Å². The molecule has 16 heteroatoms. The van der Waals surface area contributed by atoms with E-state index in [-0.39, 0.29) is 55.7 Å². The first-order valence-electron chi connectivity index (χ1n) is 17.7. The molecule has 0 unspecified atom stereocenters. The molecule has 0 bridgehead atoms. The fourth-order valence-electron chi connectivity index (χ4n) is 5.94. The van der Waals surface area contributed by atoms with Gasteiger partial charge in [0.25, 0.3) is 0 Å². The molecule has 1 heterocycles. The average Bonchev–Trinajstić information content (AvgIpc) is 3.25. The summed E-state index contributed by atoms with van der Waals surface area (Å²) >= 11 is -0.340. The van der Waals surface area contributed by atoms with E-state index in [0.29, 0.717) is 0 Å². The van der Waals surface area contributed by atoms with E-state index in [1.807, 2.05) is 78.9 Å². The van der Waals surface area contributed by atoms with Crippen LogP contribution in [0.1, 0.15) is 16.7 Å². The minimum Gasteiger partial charge on any atom is -0.493 e. The first kappa shape index (κ1) is 42.2. The summed E-state index contributed by atoms with van der Waals surface area (Å²) in [6, 6.07) is 32.4. The van der Waals surface area contributed by atoms with E-state index in [2.05, 4.69) is 0 Å². The minimum absolute atomic E-state index is 0.0401. The third kappa shape index (κ3) is 10.4. The summed E-state index contributed by atoms with van der Waals surface area (Å²) < 4.78 is 124. The minimum atomic E-state index is -2.40. The molecule has 6 rings (SSSR count). The molecular formula is C42H37F5O10S. The van der Waals surface area contributed by atoms with Crippen LogP contribution in [0.2, 0.25) is 0 Å². The van der Waals surface area contributed by atoms with Crippen molar-refractivity contribution in [3.05, 3.63) is 155 Å². The molecule has 0 radical (unpaired) electrons. The van der Waals surface area contributed by atoms with Gasteiger partial charge in [0.05, 0.1) is 40.6 Å². The highest BCUT2D eigenvalue weighted by Gasteiger charge is 2.52. The number of halogens is 5. The van der Waals surface area contributed by atoms with Crippen molar-refractivity contribution < 1.29 is 68.8 Å². The first-order valence-corrected chi connectivity index (χ1v) is 18.4. The predicted octanol–water partition coefficient (Wildman–Crippen LogP) is 9.12. The molecule has 306 valence electrons. The number of carbonyl (C=O) groups is 1. The van der Waals surface area contributed by atoms with Crippen molar-refractivity contribution >= 4 is 17.3 Å². The van der Waals surface area contributed by atoms with Crippen molar-refractivity contribution in [1.82, 2.24) is 0 Å². The number of hydrogen-bond acceptors (Lipinski definition) is 11. The Morgan fingerprint density at radius 2 is 1.07 bits per heavy atom. The average molecular weight is 829 g/mol. The van der Waals surface area contributed by atoms with Gasteiger partial charge in [0, 0.05) is 0 Å². The summed E-state index contributed by atoms with van der Waals surface area (Å²) in [5.74, 6) is -12.8. The van der Waals surface area contributed by atoms with Crippen LogP contribution < -0.4 is 18.4 Å². The van der Waals surface area contributed by atoms with Gasteiger partial charge >= 0.3 is 5.30 Å². The topological polar surface area (TPSA) is 100 Å². The monoisotopic (exact) mass is 828 g/mol. The Hall–Kier alpha value is -5.39. The van der Waals surface area contributed by atoms with Crippen molar-refractivity contribution in [3.8, 4) is 23.0 Å². The first-order chi connectivity index (χ1) is 28.2. The van der Waals surface area contributed by atoms with Crippen LogP contribution in [0.25, 0.3) is 0 Å². The smallest absolute Gasteiger partial charge is 0.407 e. The van der Waals surface area contributed by atoms with Gasteiger partial charge < -0.3 is 42.1 Å². The van der Waals surface area contributed by atoms with Crippen LogP contribution in [0.15, 0.2) is 109 Å². The van der Waals surface area contributed by atoms with Gasteiger partial charge in [-0.25, -0.2) is 18.0 Å². The maximum absolute atomic E-state index is 14.5. The quantitative estimate of drug-likeness (QED) is 0.0295. The van der Waals surface area contributed by atoms with Gasteiger partial charge in [0.15, 0.2) is 29.6 Å². The SMILES string of the molecule is COc1cccc(OC)c1O[C@@H]1O[C@H](COCc2ccccc2)[C@@H](OCc2ccccc2)[C@H](OCc2ccccc2)[C@H]1OC(=O)SOc1c(F)c(F)c(F)c(F)c1F. The van der Waals surface area contributed by atoms with E-state index >= 15 is 0 Å². The lowest BCUT2D eigenvalue weighted by molar-refractivity contribution is -0.297. The van der Waals surface area contributed by atoms with Crippen LogP contribution in [-0.4, -0.2) is 56.8 Å². The molecule has 10 nitrogen and oxygen atoms in total. The molecule has 0 saturated carbocycles. The number of methoxy groups -OCH3 is 2. The fourth-order valence-corrected chi connectivity index (χ4v) is 6.39. The Kier molecular flexibility index (Phi) is 14.8. The highest BCUT2D eigenvalue weighted by Crippen LogP contribution is 2.41.